The third-order valence-electron chi connectivity index (χ3n) is 3.02. The van der Waals surface area contributed by atoms with E-state index in [9.17, 15) is 14.5 Å². The molecular weight excluding hydrogens is 333 g/mol. The number of rotatable bonds is 6. The van der Waals surface area contributed by atoms with E-state index in [1.807, 2.05) is 0 Å². The fraction of sp³-hybridized carbons (Fsp3) is 0.0667. The minimum atomic E-state index is -0.498. The molecule has 9 heteroatoms. The van der Waals surface area contributed by atoms with Crippen LogP contribution in [0, 0.1) is 15.9 Å². The number of nitrogens with zero attached hydrogens (tertiary/aromatic N) is 2. The molecule has 0 aliphatic carbocycles. The molecule has 0 radical (unpaired) electrons. The van der Waals surface area contributed by atoms with E-state index in [0.717, 1.165) is 5.56 Å². The number of hydrazone groups is 1. The van der Waals surface area contributed by atoms with Gasteiger partial charge in [-0.05, 0) is 36.0 Å². The van der Waals surface area contributed by atoms with Crippen molar-refractivity contribution in [2.75, 3.05) is 5.32 Å². The van der Waals surface area contributed by atoms with Crippen LogP contribution in [0.2, 0.25) is 0 Å². The van der Waals surface area contributed by atoms with E-state index < -0.39 is 4.92 Å². The summed E-state index contributed by atoms with van der Waals surface area (Å²) in [4.78, 5) is 10.4. The molecule has 0 amide bonds. The van der Waals surface area contributed by atoms with Gasteiger partial charge < -0.3 is 11.1 Å². The van der Waals surface area contributed by atoms with Crippen molar-refractivity contribution in [3.8, 4) is 0 Å². The predicted molar refractivity (Wildman–Crippen MR) is 94.3 cm³/mol. The van der Waals surface area contributed by atoms with Crippen molar-refractivity contribution in [2.45, 2.75) is 6.54 Å². The van der Waals surface area contributed by atoms with Crippen LogP contribution in [0.4, 0.5) is 15.8 Å². The second-order valence-corrected chi connectivity index (χ2v) is 5.18. The first-order valence-corrected chi connectivity index (χ1v) is 7.22. The lowest BCUT2D eigenvalue weighted by molar-refractivity contribution is -0.384. The number of benzene rings is 2. The van der Waals surface area contributed by atoms with Crippen LogP contribution in [0.25, 0.3) is 0 Å². The lowest BCUT2D eigenvalue weighted by atomic mass is 10.1. The SMILES string of the molecule is NC(=S)N/N=C/c1cc([N+](=O)[O-])ccc1NCc1ccc(F)cc1. The van der Waals surface area contributed by atoms with Gasteiger partial charge in [0.25, 0.3) is 5.69 Å². The van der Waals surface area contributed by atoms with E-state index in [4.69, 9.17) is 5.73 Å². The van der Waals surface area contributed by atoms with Crippen molar-refractivity contribution in [1.82, 2.24) is 5.43 Å². The topological polar surface area (TPSA) is 106 Å². The Balaban J connectivity index is 2.20. The quantitative estimate of drug-likeness (QED) is 0.321. The molecule has 24 heavy (non-hydrogen) atoms. The molecule has 0 aromatic heterocycles. The molecule has 0 fully saturated rings. The molecule has 7 nitrogen and oxygen atoms in total. The zero-order valence-electron chi connectivity index (χ0n) is 12.4. The van der Waals surface area contributed by atoms with Gasteiger partial charge in [0.1, 0.15) is 5.82 Å². The number of hydrogen-bond donors (Lipinski definition) is 3. The van der Waals surface area contributed by atoms with E-state index >= 15 is 0 Å². The number of nitrogens with two attached hydrogens (primary N) is 1. The Bertz CT molecular complexity index is 780. The third-order valence-corrected chi connectivity index (χ3v) is 3.11. The zero-order valence-corrected chi connectivity index (χ0v) is 13.2. The van der Waals surface area contributed by atoms with Gasteiger partial charge in [-0.3, -0.25) is 15.5 Å². The van der Waals surface area contributed by atoms with Crippen LogP contribution in [0.5, 0.6) is 0 Å². The summed E-state index contributed by atoms with van der Waals surface area (Å²) in [6, 6.07) is 10.3. The summed E-state index contributed by atoms with van der Waals surface area (Å²) >= 11 is 4.64. The molecule has 0 spiro atoms. The Labute approximate surface area is 142 Å². The minimum absolute atomic E-state index is 0.0162. The first-order chi connectivity index (χ1) is 11.5. The Morgan fingerprint density at radius 2 is 2.04 bits per heavy atom. The third kappa shape index (κ3) is 4.99. The summed E-state index contributed by atoms with van der Waals surface area (Å²) in [6.45, 7) is 0.418. The lowest BCUT2D eigenvalue weighted by Crippen LogP contribution is -2.24. The second-order valence-electron chi connectivity index (χ2n) is 4.74. The van der Waals surface area contributed by atoms with E-state index in [1.54, 1.807) is 18.2 Å². The number of nitro groups is 1. The number of anilines is 1. The summed E-state index contributed by atoms with van der Waals surface area (Å²) in [6.07, 6.45) is 1.37. The van der Waals surface area contributed by atoms with Crippen molar-refractivity contribution in [2.24, 2.45) is 10.8 Å². The molecule has 0 aliphatic rings. The predicted octanol–water partition coefficient (Wildman–Crippen LogP) is 2.51. The fourth-order valence-corrected chi connectivity index (χ4v) is 1.95. The van der Waals surface area contributed by atoms with Crippen molar-refractivity contribution < 1.29 is 9.31 Å². The first-order valence-electron chi connectivity index (χ1n) is 6.81. The molecule has 0 unspecified atom stereocenters. The molecule has 0 saturated carbocycles. The maximum Gasteiger partial charge on any atom is 0.270 e. The Morgan fingerprint density at radius 3 is 2.67 bits per heavy atom. The molecule has 0 atom stereocenters. The van der Waals surface area contributed by atoms with E-state index in [-0.39, 0.29) is 16.6 Å². The number of halogens is 1. The van der Waals surface area contributed by atoms with Gasteiger partial charge in [0, 0.05) is 29.9 Å². The van der Waals surface area contributed by atoms with Gasteiger partial charge >= 0.3 is 0 Å². The molecule has 2 aromatic rings. The molecule has 0 saturated heterocycles. The minimum Gasteiger partial charge on any atom is -0.380 e. The number of hydrogen-bond acceptors (Lipinski definition) is 5. The highest BCUT2D eigenvalue weighted by atomic mass is 32.1. The maximum atomic E-state index is 12.9. The zero-order chi connectivity index (χ0) is 17.5. The maximum absolute atomic E-state index is 12.9. The van der Waals surface area contributed by atoms with Crippen LogP contribution in [0.15, 0.2) is 47.6 Å². The molecule has 2 aromatic carbocycles. The number of nitro benzene ring substituents is 1. The summed E-state index contributed by atoms with van der Waals surface area (Å²) in [7, 11) is 0. The van der Waals surface area contributed by atoms with Crippen molar-refractivity contribution >= 4 is 34.9 Å². The van der Waals surface area contributed by atoms with Crippen LogP contribution in [0.1, 0.15) is 11.1 Å². The van der Waals surface area contributed by atoms with Gasteiger partial charge in [-0.15, -0.1) is 0 Å². The number of nitrogens with one attached hydrogen (secondary N) is 2. The van der Waals surface area contributed by atoms with E-state index in [2.05, 4.69) is 28.1 Å². The van der Waals surface area contributed by atoms with Gasteiger partial charge in [-0.25, -0.2) is 4.39 Å². The molecule has 124 valence electrons. The normalized spacial score (nSPS) is 10.5. The molecule has 2 rings (SSSR count). The molecule has 0 aliphatic heterocycles. The largest absolute Gasteiger partial charge is 0.380 e. The van der Waals surface area contributed by atoms with Gasteiger partial charge in [-0.1, -0.05) is 12.1 Å². The monoisotopic (exact) mass is 347 g/mol. The average Bonchev–Trinajstić information content (AvgIpc) is 2.54. The van der Waals surface area contributed by atoms with Crippen molar-refractivity contribution in [3.05, 3.63) is 69.5 Å². The smallest absolute Gasteiger partial charge is 0.270 e. The summed E-state index contributed by atoms with van der Waals surface area (Å²) in [5.74, 6) is -0.314. The Hall–Kier alpha value is -3.07. The second kappa shape index (κ2) is 7.97. The fourth-order valence-electron chi connectivity index (χ4n) is 1.90. The van der Waals surface area contributed by atoms with Crippen LogP contribution in [-0.4, -0.2) is 16.3 Å². The number of thiocarbonyl (C=S) groups is 1. The van der Waals surface area contributed by atoms with Crippen LogP contribution < -0.4 is 16.5 Å². The molecule has 0 bridgehead atoms. The summed E-state index contributed by atoms with van der Waals surface area (Å²) < 4.78 is 12.9. The van der Waals surface area contributed by atoms with Crippen molar-refractivity contribution in [3.63, 3.8) is 0 Å². The highest BCUT2D eigenvalue weighted by Crippen LogP contribution is 2.21. The standard InChI is InChI=1S/C15H14FN5O2S/c16-12-3-1-10(2-4-12)8-18-14-6-5-13(21(22)23)7-11(14)9-19-20-15(17)24/h1-7,9,18H,8H2,(H3,17,20,24)/b19-9+. The van der Waals surface area contributed by atoms with Crippen molar-refractivity contribution in [1.29, 1.82) is 0 Å². The molecule has 4 N–H and O–H groups in total. The van der Waals surface area contributed by atoms with Gasteiger partial charge in [0.15, 0.2) is 5.11 Å². The first kappa shape index (κ1) is 17.3. The van der Waals surface area contributed by atoms with Gasteiger partial charge in [-0.2, -0.15) is 5.10 Å². The number of non-ortho nitro benzene ring substituents is 1. The highest BCUT2D eigenvalue weighted by molar-refractivity contribution is 7.80. The van der Waals surface area contributed by atoms with Crippen LogP contribution >= 0.6 is 12.2 Å². The molecular formula is C15H14FN5O2S. The lowest BCUT2D eigenvalue weighted by Gasteiger charge is -2.10. The summed E-state index contributed by atoms with van der Waals surface area (Å²) in [5, 5.41) is 17.8. The Morgan fingerprint density at radius 1 is 1.33 bits per heavy atom. The highest BCUT2D eigenvalue weighted by Gasteiger charge is 2.09. The van der Waals surface area contributed by atoms with Gasteiger partial charge in [0.2, 0.25) is 0 Å². The van der Waals surface area contributed by atoms with Crippen LogP contribution in [0.3, 0.4) is 0 Å². The van der Waals surface area contributed by atoms with E-state index in [0.29, 0.717) is 17.8 Å². The summed E-state index contributed by atoms with van der Waals surface area (Å²) in [5.41, 5.74) is 9.56. The average molecular weight is 347 g/mol. The van der Waals surface area contributed by atoms with Gasteiger partial charge in [0.05, 0.1) is 11.1 Å². The van der Waals surface area contributed by atoms with E-state index in [1.165, 1.54) is 30.5 Å². The molecule has 0 heterocycles. The Kier molecular flexibility index (Phi) is 5.74. The van der Waals surface area contributed by atoms with Crippen LogP contribution in [-0.2, 0) is 6.54 Å².